The molecule has 3 N–H and O–H groups in total. The predicted molar refractivity (Wildman–Crippen MR) is 126 cm³/mol. The van der Waals surface area contributed by atoms with Crippen LogP contribution in [0.3, 0.4) is 0 Å². The second-order valence-electron chi connectivity index (χ2n) is 7.32. The average Bonchev–Trinajstić information content (AvgIpc) is 3.07. The molecule has 150 valence electrons. The molecule has 2 heterocycles. The lowest BCUT2D eigenvalue weighted by atomic mass is 10.0. The molecule has 3 rings (SSSR count). The van der Waals surface area contributed by atoms with Crippen molar-refractivity contribution in [3.05, 3.63) is 35.5 Å². The summed E-state index contributed by atoms with van der Waals surface area (Å²) in [6.07, 6.45) is 6.76. The lowest BCUT2D eigenvalue weighted by molar-refractivity contribution is 0.206. The Bertz CT molecular complexity index is 731. The van der Waals surface area contributed by atoms with Crippen LogP contribution in [0.25, 0.3) is 10.9 Å². The van der Waals surface area contributed by atoms with E-state index in [1.807, 2.05) is 7.05 Å². The first-order chi connectivity index (χ1) is 12.7. The normalized spacial score (nSPS) is 16.3. The number of fused-ring (bicyclic) bond motifs is 1. The molecular weight excluding hydrogens is 449 g/mol. The maximum Gasteiger partial charge on any atom is 0.191 e. The summed E-state index contributed by atoms with van der Waals surface area (Å²) in [6, 6.07) is 6.96. The fraction of sp³-hybridized carbons (Fsp3) is 0.571. The van der Waals surface area contributed by atoms with Crippen LogP contribution < -0.4 is 10.6 Å². The number of aryl methyl sites for hydroxylation is 1. The number of likely N-dealkylation sites (tertiary alicyclic amines) is 1. The first-order valence-electron chi connectivity index (χ1n) is 9.96. The van der Waals surface area contributed by atoms with Gasteiger partial charge < -0.3 is 20.5 Å². The van der Waals surface area contributed by atoms with Gasteiger partial charge in [0.2, 0.25) is 0 Å². The molecule has 1 aromatic heterocycles. The zero-order valence-corrected chi connectivity index (χ0v) is 19.2. The van der Waals surface area contributed by atoms with Crippen molar-refractivity contribution in [1.82, 2.24) is 20.5 Å². The average molecular weight is 483 g/mol. The number of nitrogens with zero attached hydrogens (tertiary/aromatic N) is 2. The van der Waals surface area contributed by atoms with E-state index in [-0.39, 0.29) is 24.0 Å². The molecule has 0 bridgehead atoms. The molecule has 0 aliphatic carbocycles. The molecule has 1 saturated heterocycles. The number of nitrogens with one attached hydrogen (secondary N) is 3. The number of piperidine rings is 1. The molecule has 2 aromatic rings. The van der Waals surface area contributed by atoms with Crippen molar-refractivity contribution in [2.24, 2.45) is 4.99 Å². The molecule has 0 saturated carbocycles. The van der Waals surface area contributed by atoms with Crippen LogP contribution in [-0.4, -0.2) is 55.1 Å². The Labute approximate surface area is 180 Å². The second kappa shape index (κ2) is 10.9. The van der Waals surface area contributed by atoms with E-state index in [9.17, 15) is 0 Å². The van der Waals surface area contributed by atoms with Crippen LogP contribution in [0.1, 0.15) is 37.3 Å². The molecule has 0 atom stereocenters. The van der Waals surface area contributed by atoms with Gasteiger partial charge in [0.1, 0.15) is 0 Å². The Morgan fingerprint density at radius 3 is 2.78 bits per heavy atom. The van der Waals surface area contributed by atoms with Gasteiger partial charge in [-0.3, -0.25) is 4.99 Å². The van der Waals surface area contributed by atoms with Gasteiger partial charge in [0.15, 0.2) is 5.96 Å². The topological polar surface area (TPSA) is 55.4 Å². The van der Waals surface area contributed by atoms with Crippen molar-refractivity contribution >= 4 is 40.8 Å². The number of rotatable bonds is 6. The third-order valence-electron chi connectivity index (χ3n) is 5.37. The summed E-state index contributed by atoms with van der Waals surface area (Å²) >= 11 is 0. The van der Waals surface area contributed by atoms with Gasteiger partial charge in [-0.25, -0.2) is 0 Å². The van der Waals surface area contributed by atoms with Crippen LogP contribution in [0.2, 0.25) is 0 Å². The molecule has 1 aliphatic heterocycles. The molecule has 5 nitrogen and oxygen atoms in total. The van der Waals surface area contributed by atoms with E-state index in [0.29, 0.717) is 6.04 Å². The zero-order valence-electron chi connectivity index (χ0n) is 16.8. The number of guanidine groups is 1. The number of H-pyrrole nitrogens is 1. The summed E-state index contributed by atoms with van der Waals surface area (Å²) in [4.78, 5) is 10.4. The monoisotopic (exact) mass is 483 g/mol. The van der Waals surface area contributed by atoms with Crippen molar-refractivity contribution < 1.29 is 0 Å². The summed E-state index contributed by atoms with van der Waals surface area (Å²) in [6.45, 7) is 8.93. The summed E-state index contributed by atoms with van der Waals surface area (Å²) in [5.74, 6) is 0.926. The number of halogens is 1. The summed E-state index contributed by atoms with van der Waals surface area (Å²) in [7, 11) is 1.86. The maximum atomic E-state index is 4.41. The molecule has 1 aliphatic rings. The molecule has 6 heteroatoms. The number of benzene rings is 1. The van der Waals surface area contributed by atoms with Gasteiger partial charge in [-0.05, 0) is 56.3 Å². The van der Waals surface area contributed by atoms with Crippen LogP contribution in [-0.2, 0) is 6.42 Å². The van der Waals surface area contributed by atoms with Crippen LogP contribution >= 0.6 is 24.0 Å². The van der Waals surface area contributed by atoms with E-state index in [0.717, 1.165) is 18.9 Å². The highest BCUT2D eigenvalue weighted by molar-refractivity contribution is 14.0. The van der Waals surface area contributed by atoms with Crippen LogP contribution in [0.4, 0.5) is 0 Å². The van der Waals surface area contributed by atoms with E-state index in [1.165, 1.54) is 60.9 Å². The molecule has 0 radical (unpaired) electrons. The number of hydrogen-bond donors (Lipinski definition) is 3. The summed E-state index contributed by atoms with van der Waals surface area (Å²) in [5.41, 5.74) is 3.93. The third kappa shape index (κ3) is 5.85. The Hall–Kier alpha value is -1.28. The van der Waals surface area contributed by atoms with E-state index >= 15 is 0 Å². The van der Waals surface area contributed by atoms with Gasteiger partial charge >= 0.3 is 0 Å². The number of aliphatic imine (C=N–C) groups is 1. The number of aromatic nitrogens is 1. The minimum absolute atomic E-state index is 0. The van der Waals surface area contributed by atoms with E-state index in [1.54, 1.807) is 0 Å². The fourth-order valence-electron chi connectivity index (χ4n) is 3.97. The number of aromatic amines is 1. The van der Waals surface area contributed by atoms with E-state index in [2.05, 4.69) is 63.8 Å². The van der Waals surface area contributed by atoms with Crippen LogP contribution in [0.15, 0.2) is 29.4 Å². The smallest absolute Gasteiger partial charge is 0.191 e. The van der Waals surface area contributed by atoms with E-state index in [4.69, 9.17) is 0 Å². The lowest BCUT2D eigenvalue weighted by Crippen LogP contribution is -2.49. The van der Waals surface area contributed by atoms with Crippen LogP contribution in [0.5, 0.6) is 0 Å². The standard InChI is InChI=1S/C21H33N5.HI/c1-4-12-26-13-9-18(10-14-26)25-21(22-3)23-11-8-17-15-24-19-7-5-6-16(2)20(17)19;/h5-7,15,18,24H,4,8-14H2,1-3H3,(H2,22,23,25);1H. The first-order valence-corrected chi connectivity index (χ1v) is 9.96. The highest BCUT2D eigenvalue weighted by atomic mass is 127. The highest BCUT2D eigenvalue weighted by Crippen LogP contribution is 2.22. The van der Waals surface area contributed by atoms with Crippen LogP contribution in [0, 0.1) is 6.92 Å². The molecule has 27 heavy (non-hydrogen) atoms. The molecule has 1 fully saturated rings. The predicted octanol–water partition coefficient (Wildman–Crippen LogP) is 3.68. The Balaban J connectivity index is 0.00000261. The lowest BCUT2D eigenvalue weighted by Gasteiger charge is -2.32. The highest BCUT2D eigenvalue weighted by Gasteiger charge is 2.19. The maximum absolute atomic E-state index is 4.41. The van der Waals surface area contributed by atoms with Gasteiger partial charge in [0, 0.05) is 49.8 Å². The molecule has 0 amide bonds. The molecule has 0 unspecified atom stereocenters. The summed E-state index contributed by atoms with van der Waals surface area (Å²) < 4.78 is 0. The molecule has 0 spiro atoms. The van der Waals surface area contributed by atoms with Gasteiger partial charge in [-0.2, -0.15) is 0 Å². The van der Waals surface area contributed by atoms with Crippen molar-refractivity contribution in [3.8, 4) is 0 Å². The number of hydrogen-bond acceptors (Lipinski definition) is 2. The summed E-state index contributed by atoms with van der Waals surface area (Å²) in [5, 5.41) is 8.45. The quantitative estimate of drug-likeness (QED) is 0.334. The van der Waals surface area contributed by atoms with Gasteiger partial charge in [0.05, 0.1) is 0 Å². The van der Waals surface area contributed by atoms with Crippen molar-refractivity contribution in [3.63, 3.8) is 0 Å². The van der Waals surface area contributed by atoms with Crippen molar-refractivity contribution in [1.29, 1.82) is 0 Å². The van der Waals surface area contributed by atoms with Crippen molar-refractivity contribution in [2.45, 2.75) is 45.6 Å². The Morgan fingerprint density at radius 1 is 1.30 bits per heavy atom. The Morgan fingerprint density at radius 2 is 2.07 bits per heavy atom. The zero-order chi connectivity index (χ0) is 18.4. The Kier molecular flexibility index (Phi) is 8.89. The third-order valence-corrected chi connectivity index (χ3v) is 5.37. The molecule has 1 aromatic carbocycles. The minimum Gasteiger partial charge on any atom is -0.361 e. The SMILES string of the molecule is CCCN1CCC(NC(=NC)NCCc2c[nH]c3cccc(C)c23)CC1.I. The van der Waals surface area contributed by atoms with Gasteiger partial charge in [0.25, 0.3) is 0 Å². The molecular formula is C21H34IN5. The van der Waals surface area contributed by atoms with Crippen molar-refractivity contribution in [2.75, 3.05) is 33.2 Å². The first kappa shape index (κ1) is 22.0. The minimum atomic E-state index is 0. The fourth-order valence-corrected chi connectivity index (χ4v) is 3.97. The van der Waals surface area contributed by atoms with Gasteiger partial charge in [-0.15, -0.1) is 24.0 Å². The van der Waals surface area contributed by atoms with E-state index < -0.39 is 0 Å². The second-order valence-corrected chi connectivity index (χ2v) is 7.32. The largest absolute Gasteiger partial charge is 0.361 e. The van der Waals surface area contributed by atoms with Gasteiger partial charge in [-0.1, -0.05) is 19.1 Å².